The minimum Gasteiger partial charge on any atom is -0.494 e. The van der Waals surface area contributed by atoms with Crippen molar-refractivity contribution < 1.29 is 9.15 Å². The number of nitrogens with zero attached hydrogens (tertiary/aromatic N) is 3. The third-order valence-electron chi connectivity index (χ3n) is 4.73. The van der Waals surface area contributed by atoms with Gasteiger partial charge >= 0.3 is 0 Å². The van der Waals surface area contributed by atoms with Gasteiger partial charge in [-0.25, -0.2) is 4.98 Å². The first-order valence-corrected chi connectivity index (χ1v) is 9.47. The number of methoxy groups -OCH3 is 1. The second-order valence-corrected chi connectivity index (χ2v) is 7.15. The van der Waals surface area contributed by atoms with Gasteiger partial charge in [0.2, 0.25) is 0 Å². The van der Waals surface area contributed by atoms with Crippen molar-refractivity contribution in [2.75, 3.05) is 32.1 Å². The second-order valence-electron chi connectivity index (χ2n) is 6.25. The number of rotatable bonds is 4. The number of aromatic nitrogens is 2. The Hall–Kier alpha value is -2.12. The topological polar surface area (TPSA) is 63.4 Å². The summed E-state index contributed by atoms with van der Waals surface area (Å²) in [7, 11) is 3.68. The summed E-state index contributed by atoms with van der Waals surface area (Å²) in [4.78, 5) is 11.4. The highest BCUT2D eigenvalue weighted by molar-refractivity contribution is 7.13. The standard InChI is InChI=1S/C18H22N4O2S/c1-19-12-5-3-4-9-22(11-12)18-21-15-14(23-2)7-6-13(16(15)24-18)17-20-8-10-25-17/h6-8,10,12,19H,3-5,9,11H2,1-2H3. The van der Waals surface area contributed by atoms with Gasteiger partial charge in [0.05, 0.1) is 12.7 Å². The normalized spacial score (nSPS) is 18.5. The molecule has 1 N–H and O–H groups in total. The highest BCUT2D eigenvalue weighted by Gasteiger charge is 2.23. The summed E-state index contributed by atoms with van der Waals surface area (Å²) in [5.74, 6) is 0.727. The van der Waals surface area contributed by atoms with Gasteiger partial charge in [-0.2, -0.15) is 4.98 Å². The van der Waals surface area contributed by atoms with Crippen molar-refractivity contribution in [2.45, 2.75) is 25.3 Å². The van der Waals surface area contributed by atoms with E-state index in [-0.39, 0.29) is 0 Å². The van der Waals surface area contributed by atoms with Crippen LogP contribution in [0.4, 0.5) is 6.01 Å². The lowest BCUT2D eigenvalue weighted by molar-refractivity contribution is 0.419. The van der Waals surface area contributed by atoms with E-state index in [1.54, 1.807) is 24.6 Å². The summed E-state index contributed by atoms with van der Waals surface area (Å²) in [5.41, 5.74) is 2.47. The van der Waals surface area contributed by atoms with Gasteiger partial charge in [-0.05, 0) is 32.0 Å². The number of oxazole rings is 1. The number of likely N-dealkylation sites (N-methyl/N-ethyl adjacent to an activating group) is 1. The van der Waals surface area contributed by atoms with Crippen LogP contribution in [0.5, 0.6) is 5.75 Å². The molecule has 3 aromatic rings. The second kappa shape index (κ2) is 7.01. The lowest BCUT2D eigenvalue weighted by atomic mass is 10.1. The maximum absolute atomic E-state index is 6.23. The zero-order chi connectivity index (χ0) is 17.2. The minimum absolute atomic E-state index is 0.456. The van der Waals surface area contributed by atoms with Crippen LogP contribution in [-0.4, -0.2) is 43.3 Å². The molecule has 2 aromatic heterocycles. The fourth-order valence-electron chi connectivity index (χ4n) is 3.35. The Morgan fingerprint density at radius 3 is 3.04 bits per heavy atom. The van der Waals surface area contributed by atoms with Gasteiger partial charge in [0, 0.05) is 30.7 Å². The number of anilines is 1. The van der Waals surface area contributed by atoms with E-state index in [0.29, 0.717) is 12.1 Å². The predicted molar refractivity (Wildman–Crippen MR) is 101 cm³/mol. The molecule has 0 radical (unpaired) electrons. The van der Waals surface area contributed by atoms with Gasteiger partial charge in [0.15, 0.2) is 11.1 Å². The SMILES string of the molecule is CNC1CCCCN(c2nc3c(OC)ccc(-c4nccs4)c3o2)C1. The van der Waals surface area contributed by atoms with Gasteiger partial charge in [0.25, 0.3) is 6.01 Å². The molecule has 0 bridgehead atoms. The van der Waals surface area contributed by atoms with Crippen molar-refractivity contribution >= 4 is 28.5 Å². The molecule has 1 aliphatic heterocycles. The highest BCUT2D eigenvalue weighted by atomic mass is 32.1. The number of ether oxygens (including phenoxy) is 1. The number of nitrogens with one attached hydrogen (secondary N) is 1. The van der Waals surface area contributed by atoms with Crippen LogP contribution >= 0.6 is 11.3 Å². The maximum atomic E-state index is 6.23. The van der Waals surface area contributed by atoms with Crippen LogP contribution in [0, 0.1) is 0 Å². The summed E-state index contributed by atoms with van der Waals surface area (Å²) < 4.78 is 11.7. The summed E-state index contributed by atoms with van der Waals surface area (Å²) in [6.45, 7) is 1.86. The van der Waals surface area contributed by atoms with Crippen molar-refractivity contribution in [3.63, 3.8) is 0 Å². The van der Waals surface area contributed by atoms with Gasteiger partial charge < -0.3 is 19.4 Å². The summed E-state index contributed by atoms with van der Waals surface area (Å²) in [6, 6.07) is 5.05. The number of thiazole rings is 1. The molecule has 0 amide bonds. The fraction of sp³-hybridized carbons (Fsp3) is 0.444. The van der Waals surface area contributed by atoms with Crippen LogP contribution in [0.2, 0.25) is 0 Å². The molecule has 1 unspecified atom stereocenters. The van der Waals surface area contributed by atoms with E-state index in [0.717, 1.165) is 46.9 Å². The average Bonchev–Trinajstić information content (AvgIpc) is 3.26. The molecule has 6 nitrogen and oxygen atoms in total. The van der Waals surface area contributed by atoms with Gasteiger partial charge in [0.1, 0.15) is 10.8 Å². The highest BCUT2D eigenvalue weighted by Crippen LogP contribution is 2.37. The predicted octanol–water partition coefficient (Wildman–Crippen LogP) is 3.54. The van der Waals surface area contributed by atoms with Crippen molar-refractivity contribution in [1.29, 1.82) is 0 Å². The Kier molecular flexibility index (Phi) is 4.59. The molecule has 1 saturated heterocycles. The largest absolute Gasteiger partial charge is 0.494 e. The van der Waals surface area contributed by atoms with Crippen molar-refractivity contribution in [3.8, 4) is 16.3 Å². The average molecular weight is 358 g/mol. The third kappa shape index (κ3) is 3.09. The Balaban J connectivity index is 1.79. The van der Waals surface area contributed by atoms with E-state index >= 15 is 0 Å². The molecule has 0 aliphatic carbocycles. The maximum Gasteiger partial charge on any atom is 0.298 e. The van der Waals surface area contributed by atoms with Gasteiger partial charge in [-0.3, -0.25) is 0 Å². The van der Waals surface area contributed by atoms with Crippen LogP contribution in [0.3, 0.4) is 0 Å². The lowest BCUT2D eigenvalue weighted by Gasteiger charge is -2.22. The molecule has 25 heavy (non-hydrogen) atoms. The molecule has 1 aliphatic rings. The summed E-state index contributed by atoms with van der Waals surface area (Å²) in [6.07, 6.45) is 5.35. The molecular formula is C18H22N4O2S. The quantitative estimate of drug-likeness (QED) is 0.770. The molecular weight excluding hydrogens is 336 g/mol. The molecule has 3 heterocycles. The van der Waals surface area contributed by atoms with E-state index in [1.807, 2.05) is 24.6 Å². The first-order chi connectivity index (χ1) is 12.3. The van der Waals surface area contributed by atoms with Crippen molar-refractivity contribution in [3.05, 3.63) is 23.7 Å². The van der Waals surface area contributed by atoms with Crippen LogP contribution in [0.15, 0.2) is 28.1 Å². The lowest BCUT2D eigenvalue weighted by Crippen LogP contribution is -2.38. The van der Waals surface area contributed by atoms with E-state index in [4.69, 9.17) is 14.1 Å². The van der Waals surface area contributed by atoms with Crippen LogP contribution in [0.1, 0.15) is 19.3 Å². The van der Waals surface area contributed by atoms with E-state index in [1.165, 1.54) is 12.8 Å². The number of hydrogen-bond acceptors (Lipinski definition) is 7. The van der Waals surface area contributed by atoms with Crippen molar-refractivity contribution in [2.24, 2.45) is 0 Å². The van der Waals surface area contributed by atoms with Crippen LogP contribution in [0.25, 0.3) is 21.7 Å². The zero-order valence-corrected chi connectivity index (χ0v) is 15.3. The van der Waals surface area contributed by atoms with E-state index in [2.05, 4.69) is 15.2 Å². The smallest absolute Gasteiger partial charge is 0.298 e. The van der Waals surface area contributed by atoms with Gasteiger partial charge in [-0.1, -0.05) is 6.42 Å². The van der Waals surface area contributed by atoms with Gasteiger partial charge in [-0.15, -0.1) is 11.3 Å². The molecule has 4 rings (SSSR count). The first kappa shape index (κ1) is 16.4. The minimum atomic E-state index is 0.456. The number of hydrogen-bond donors (Lipinski definition) is 1. The van der Waals surface area contributed by atoms with E-state index < -0.39 is 0 Å². The molecule has 1 atom stereocenters. The summed E-state index contributed by atoms with van der Waals surface area (Å²) in [5, 5.41) is 6.29. The van der Waals surface area contributed by atoms with Crippen LogP contribution < -0.4 is 15.0 Å². The molecule has 132 valence electrons. The Morgan fingerprint density at radius 1 is 1.36 bits per heavy atom. The van der Waals surface area contributed by atoms with Crippen molar-refractivity contribution in [1.82, 2.24) is 15.3 Å². The van der Waals surface area contributed by atoms with E-state index in [9.17, 15) is 0 Å². The third-order valence-corrected chi connectivity index (χ3v) is 5.53. The van der Waals surface area contributed by atoms with Crippen LogP contribution in [-0.2, 0) is 0 Å². The Morgan fingerprint density at radius 2 is 2.28 bits per heavy atom. The molecule has 1 aromatic carbocycles. The molecule has 7 heteroatoms. The molecule has 0 spiro atoms. The Bertz CT molecular complexity index is 846. The molecule has 0 saturated carbocycles. The zero-order valence-electron chi connectivity index (χ0n) is 14.5. The fourth-order valence-corrected chi connectivity index (χ4v) is 4.01. The Labute approximate surface area is 150 Å². The first-order valence-electron chi connectivity index (χ1n) is 8.59. The summed E-state index contributed by atoms with van der Waals surface area (Å²) >= 11 is 1.59. The number of fused-ring (bicyclic) bond motifs is 1. The molecule has 1 fully saturated rings. The number of benzene rings is 1. The monoisotopic (exact) mass is 358 g/mol.